The van der Waals surface area contributed by atoms with Gasteiger partial charge in [-0.3, -0.25) is 4.79 Å². The molecule has 2 heteroatoms. The molecule has 0 spiro atoms. The summed E-state index contributed by atoms with van der Waals surface area (Å²) in [6, 6.07) is 0. The summed E-state index contributed by atoms with van der Waals surface area (Å²) in [5, 5.41) is 0.103. The van der Waals surface area contributed by atoms with Gasteiger partial charge in [-0.2, -0.15) is 0 Å². The molecule has 0 aliphatic heterocycles. The first kappa shape index (κ1) is 17.5. The molecular weight excluding hydrogens is 240 g/mol. The minimum Gasteiger partial charge on any atom is -0.282 e. The van der Waals surface area contributed by atoms with Crippen molar-refractivity contribution in [3.63, 3.8) is 0 Å². The van der Waals surface area contributed by atoms with Crippen molar-refractivity contribution in [3.05, 3.63) is 24.3 Å². The first-order chi connectivity index (χ1) is 8.16. The van der Waals surface area contributed by atoms with E-state index in [0.717, 1.165) is 6.42 Å². The van der Waals surface area contributed by atoms with E-state index in [2.05, 4.69) is 40.7 Å². The Balaban J connectivity index is 4.06. The highest BCUT2D eigenvalue weighted by molar-refractivity contribution is 8.13. The lowest BCUT2D eigenvalue weighted by atomic mass is 9.78. The molecule has 0 saturated heterocycles. The average Bonchev–Trinajstić information content (AvgIpc) is 2.25. The van der Waals surface area contributed by atoms with Gasteiger partial charge in [0.1, 0.15) is 0 Å². The van der Waals surface area contributed by atoms with Crippen LogP contribution in [0.15, 0.2) is 24.3 Å². The van der Waals surface area contributed by atoms with Crippen molar-refractivity contribution in [3.8, 4) is 0 Å². The number of carbonyl (C=O) groups excluding carboxylic acids is 1. The van der Waals surface area contributed by atoms with E-state index in [1.54, 1.807) is 12.3 Å². The highest BCUT2D eigenvalue weighted by Crippen LogP contribution is 2.33. The molecule has 0 unspecified atom stereocenters. The van der Waals surface area contributed by atoms with Crippen molar-refractivity contribution in [2.75, 3.05) is 6.26 Å². The Hall–Kier alpha value is -0.500. The molecular formula is C16H28OS. The molecule has 0 atom stereocenters. The van der Waals surface area contributed by atoms with E-state index >= 15 is 0 Å². The van der Waals surface area contributed by atoms with Crippen LogP contribution in [0.2, 0.25) is 0 Å². The van der Waals surface area contributed by atoms with Gasteiger partial charge in [-0.25, -0.2) is 0 Å². The highest BCUT2D eigenvalue weighted by Gasteiger charge is 2.20. The van der Waals surface area contributed by atoms with Crippen LogP contribution < -0.4 is 0 Å². The highest BCUT2D eigenvalue weighted by atomic mass is 32.2. The molecule has 0 radical (unpaired) electrons. The number of allylic oxidation sites excluding steroid dienone is 3. The summed E-state index contributed by atoms with van der Waals surface area (Å²) in [4.78, 5) is 11.0. The Morgan fingerprint density at radius 1 is 1.06 bits per heavy atom. The fraction of sp³-hybridized carbons (Fsp3) is 0.688. The zero-order valence-corrected chi connectivity index (χ0v) is 13.6. The van der Waals surface area contributed by atoms with Crippen LogP contribution in [0.1, 0.15) is 53.9 Å². The molecule has 1 nitrogen and oxygen atoms in total. The number of rotatable bonds is 6. The van der Waals surface area contributed by atoms with Gasteiger partial charge in [0.15, 0.2) is 0 Å². The second-order valence-corrected chi connectivity index (χ2v) is 7.55. The van der Waals surface area contributed by atoms with Crippen LogP contribution in [0, 0.1) is 10.8 Å². The summed E-state index contributed by atoms with van der Waals surface area (Å²) in [5.41, 5.74) is 0.743. The summed E-state index contributed by atoms with van der Waals surface area (Å²) >= 11 is 1.24. The largest absolute Gasteiger partial charge is 0.282 e. The molecule has 0 aromatic heterocycles. The molecule has 0 aromatic carbocycles. The van der Waals surface area contributed by atoms with E-state index in [1.165, 1.54) is 24.6 Å². The molecule has 0 aromatic rings. The standard InChI is InChI=1S/C16H28OS/c1-15(2,3)12-13-16(4,5)11-9-7-8-10-14(17)18-6/h7-10H,11-13H2,1-6H3/b9-7-,10-8+. The van der Waals surface area contributed by atoms with Gasteiger partial charge in [-0.15, -0.1) is 0 Å². The monoisotopic (exact) mass is 268 g/mol. The van der Waals surface area contributed by atoms with Crippen molar-refractivity contribution >= 4 is 16.9 Å². The maximum absolute atomic E-state index is 11.0. The normalized spacial score (nSPS) is 13.7. The molecule has 0 aliphatic rings. The van der Waals surface area contributed by atoms with Crippen LogP contribution in [0.25, 0.3) is 0 Å². The van der Waals surface area contributed by atoms with Gasteiger partial charge in [0.05, 0.1) is 0 Å². The summed E-state index contributed by atoms with van der Waals surface area (Å²) < 4.78 is 0. The van der Waals surface area contributed by atoms with Gasteiger partial charge in [-0.05, 0) is 42.4 Å². The quantitative estimate of drug-likeness (QED) is 0.484. The van der Waals surface area contributed by atoms with Crippen LogP contribution in [-0.2, 0) is 4.79 Å². The second kappa shape index (κ2) is 7.83. The van der Waals surface area contributed by atoms with E-state index in [-0.39, 0.29) is 5.12 Å². The number of thioether (sulfide) groups is 1. The maximum Gasteiger partial charge on any atom is 0.211 e. The van der Waals surface area contributed by atoms with Crippen molar-refractivity contribution < 1.29 is 4.79 Å². The molecule has 0 amide bonds. The first-order valence-corrected chi connectivity index (χ1v) is 7.80. The molecule has 0 bridgehead atoms. The topological polar surface area (TPSA) is 17.1 Å². The second-order valence-electron chi connectivity index (χ2n) is 6.74. The van der Waals surface area contributed by atoms with Crippen LogP contribution in [0.3, 0.4) is 0 Å². The lowest BCUT2D eigenvalue weighted by Gasteiger charge is -2.27. The van der Waals surface area contributed by atoms with Crippen LogP contribution in [-0.4, -0.2) is 11.4 Å². The molecule has 0 rings (SSSR count). The van der Waals surface area contributed by atoms with Gasteiger partial charge < -0.3 is 0 Å². The third-order valence-electron chi connectivity index (χ3n) is 2.90. The number of hydrogen-bond donors (Lipinski definition) is 0. The molecule has 0 aliphatic carbocycles. The Bertz CT molecular complexity index is 306. The lowest BCUT2D eigenvalue weighted by Crippen LogP contribution is -2.15. The SMILES string of the molecule is CSC(=O)/C=C/C=C\CC(C)(C)CCC(C)(C)C. The smallest absolute Gasteiger partial charge is 0.211 e. The molecule has 18 heavy (non-hydrogen) atoms. The molecule has 0 fully saturated rings. The van der Waals surface area contributed by atoms with Crippen LogP contribution in [0.4, 0.5) is 0 Å². The Kier molecular flexibility index (Phi) is 7.61. The van der Waals surface area contributed by atoms with Gasteiger partial charge >= 0.3 is 0 Å². The zero-order chi connectivity index (χ0) is 14.2. The van der Waals surface area contributed by atoms with E-state index in [0.29, 0.717) is 10.8 Å². The summed E-state index contributed by atoms with van der Waals surface area (Å²) in [5.74, 6) is 0. The fourth-order valence-corrected chi connectivity index (χ4v) is 1.70. The van der Waals surface area contributed by atoms with Gasteiger partial charge in [0.25, 0.3) is 0 Å². The van der Waals surface area contributed by atoms with E-state index in [4.69, 9.17) is 0 Å². The summed E-state index contributed by atoms with van der Waals surface area (Å²) in [6.45, 7) is 11.5. The third kappa shape index (κ3) is 10.6. The van der Waals surface area contributed by atoms with Crippen LogP contribution >= 0.6 is 11.8 Å². The van der Waals surface area contributed by atoms with Crippen molar-refractivity contribution in [1.29, 1.82) is 0 Å². The Labute approximate surface area is 117 Å². The van der Waals surface area contributed by atoms with E-state index < -0.39 is 0 Å². The van der Waals surface area contributed by atoms with Gasteiger partial charge in [0, 0.05) is 0 Å². The van der Waals surface area contributed by atoms with Gasteiger partial charge in [0.2, 0.25) is 5.12 Å². The maximum atomic E-state index is 11.0. The average molecular weight is 268 g/mol. The number of carbonyl (C=O) groups is 1. The van der Waals surface area contributed by atoms with E-state index in [1.807, 2.05) is 12.2 Å². The minimum atomic E-state index is 0.103. The lowest BCUT2D eigenvalue weighted by molar-refractivity contribution is -0.107. The molecule has 0 saturated carbocycles. The summed E-state index contributed by atoms with van der Waals surface area (Å²) in [7, 11) is 0. The number of hydrogen-bond acceptors (Lipinski definition) is 2. The Morgan fingerprint density at radius 3 is 2.17 bits per heavy atom. The minimum absolute atomic E-state index is 0.103. The van der Waals surface area contributed by atoms with E-state index in [9.17, 15) is 4.79 Å². The van der Waals surface area contributed by atoms with Crippen molar-refractivity contribution in [2.45, 2.75) is 53.9 Å². The fourth-order valence-electron chi connectivity index (χ4n) is 1.48. The van der Waals surface area contributed by atoms with Crippen molar-refractivity contribution in [1.82, 2.24) is 0 Å². The van der Waals surface area contributed by atoms with Gasteiger partial charge in [-0.1, -0.05) is 64.6 Å². The first-order valence-electron chi connectivity index (χ1n) is 6.57. The molecule has 0 heterocycles. The van der Waals surface area contributed by atoms with Crippen molar-refractivity contribution in [2.24, 2.45) is 10.8 Å². The predicted octanol–water partition coefficient (Wildman–Crippen LogP) is 5.23. The predicted molar refractivity (Wildman–Crippen MR) is 83.9 cm³/mol. The summed E-state index contributed by atoms with van der Waals surface area (Å²) in [6.07, 6.45) is 12.9. The zero-order valence-electron chi connectivity index (χ0n) is 12.7. The molecule has 0 N–H and O–H groups in total. The molecule has 104 valence electrons. The Morgan fingerprint density at radius 2 is 1.67 bits per heavy atom. The van der Waals surface area contributed by atoms with Crippen LogP contribution in [0.5, 0.6) is 0 Å². The third-order valence-corrected chi connectivity index (χ3v) is 3.44.